The summed E-state index contributed by atoms with van der Waals surface area (Å²) >= 11 is 37.6. The smallest absolute Gasteiger partial charge is 0.383 e. The zero-order valence-corrected chi connectivity index (χ0v) is 88.4. The number of aryl methyl sites for hydroxylation is 5. The Kier molecular flexibility index (Phi) is 34.0. The standard InChI is InChI=1S/C72H98N23O35P7S7/c1-8-36-37(9-55(117-36)94-29-82-57-62(76)78-27-80-64(57)94)125-132(104,139)111-22-45-39(10-50(118-45)89-16-31(2)59(73)84-68(89)98)126-134(106,141)113-23-46-40(11-51(119-46)90-17-32(3)60(74)85-69(90)99)127-136(108,143)116-26-49-43(14-54(122-49)93-20-35(6)67(97)88-72(93)102)130-137(109,144)114-24-47-41(12-52(120-47)91-18-33(4)61(75)86-70(91)100)128-135(107,142)115-25-48-42(13-53(121-48)92-19-34(5)66(96)87-71(92)101)129-133(105,140)112-21-44-38(124-131(103,138)110-7)15-56(123-44)95-30-83-58-63(77)79-28-81-65(58)95/h16-20,27-30,36-56H,8-15,21-26H2,1-7H3,(H,103,138)(H,104,139)(H,105,140)(H,106,141)(H,107,142)(H,108,143)(H,109,144)(H2,73,84,98)(H2,74,85,99)(H2,75,86,100)(H2,76,78,80)(H2,77,79,81)(H,87,96,101)(H,88,97,102)/t36-,37?,38?,39?,40?,41?,42?,43?,44-,45-,46-,47-,48-,49-,50-,51-,52-,53-,54-,55-,56-,131?,132?,133?,134?,135?,136?,137?/m1/s1. The maximum absolute atomic E-state index is 14.8. The molecule has 0 aliphatic carbocycles. The van der Waals surface area contributed by atoms with E-state index in [0.29, 0.717) is 34.3 Å². The lowest BCUT2D eigenvalue weighted by molar-refractivity contribution is -0.0577. The van der Waals surface area contributed by atoms with Crippen molar-refractivity contribution in [2.45, 2.75) is 222 Å². The summed E-state index contributed by atoms with van der Waals surface area (Å²) in [6.45, 7) is -26.9. The Morgan fingerprint density at radius 2 is 0.611 bits per heavy atom. The Morgan fingerprint density at radius 1 is 0.361 bits per heavy atom. The quantitative estimate of drug-likeness (QED) is 0.0193. The van der Waals surface area contributed by atoms with Crippen molar-refractivity contribution in [3.05, 3.63) is 157 Å². The zero-order chi connectivity index (χ0) is 104. The summed E-state index contributed by atoms with van der Waals surface area (Å²) in [7, 11) is 1.14. The molecule has 16 rings (SSSR count). The molecule has 58 nitrogen and oxygen atoms in total. The number of nitrogens with zero attached hydrogens (tertiary/aromatic N) is 16. The van der Waals surface area contributed by atoms with E-state index in [2.05, 4.69) is 67.1 Å². The predicted molar refractivity (Wildman–Crippen MR) is 527 cm³/mol. The first-order chi connectivity index (χ1) is 67.8. The van der Waals surface area contributed by atoms with Gasteiger partial charge >= 0.3 is 75.6 Å². The Bertz CT molecular complexity index is 7180. The number of nitrogens with one attached hydrogen (secondary N) is 2. The van der Waals surface area contributed by atoms with Crippen LogP contribution in [-0.2, 0) is 172 Å². The second-order valence-corrected chi connectivity index (χ2v) is 53.6. The highest BCUT2D eigenvalue weighted by molar-refractivity contribution is 8.44. The van der Waals surface area contributed by atoms with Gasteiger partial charge in [0.15, 0.2) is 22.9 Å². The van der Waals surface area contributed by atoms with Gasteiger partial charge in [-0.2, -0.15) is 15.0 Å². The molecular weight excluding hydrogens is 2190 g/mol. The van der Waals surface area contributed by atoms with Crippen LogP contribution in [0.5, 0.6) is 0 Å². The van der Waals surface area contributed by atoms with Gasteiger partial charge in [0, 0.05) is 111 Å². The van der Waals surface area contributed by atoms with E-state index < -0.39 is 262 Å². The number of thiol groups is 1. The lowest BCUT2D eigenvalue weighted by atomic mass is 10.1. The van der Waals surface area contributed by atoms with Gasteiger partial charge in [0.1, 0.15) is 127 Å². The fraction of sp³-hybridized carbons (Fsp3) is 0.583. The highest BCUT2D eigenvalue weighted by Gasteiger charge is 2.52. The lowest BCUT2D eigenvalue weighted by Gasteiger charge is -2.28. The summed E-state index contributed by atoms with van der Waals surface area (Å²) in [4.78, 5) is 206. The molecule has 0 spiro atoms. The van der Waals surface area contributed by atoms with Crippen LogP contribution in [0.15, 0.2) is 89.9 Å². The molecule has 144 heavy (non-hydrogen) atoms. The largest absolute Gasteiger partial charge is 0.386 e. The maximum Gasteiger partial charge on any atom is 0.386 e. The highest BCUT2D eigenvalue weighted by Crippen LogP contribution is 2.61. The fourth-order valence-corrected chi connectivity index (χ4v) is 26.6. The van der Waals surface area contributed by atoms with Crippen LogP contribution in [0.3, 0.4) is 0 Å². The summed E-state index contributed by atoms with van der Waals surface area (Å²) < 4.78 is 151. The van der Waals surface area contributed by atoms with Crippen molar-refractivity contribution in [1.29, 1.82) is 0 Å². The fourth-order valence-electron chi connectivity index (χ4n) is 16.7. The van der Waals surface area contributed by atoms with Crippen LogP contribution in [0.2, 0.25) is 0 Å². The van der Waals surface area contributed by atoms with Crippen LogP contribution in [0, 0.1) is 34.6 Å². The molecule has 7 aliphatic rings. The molecule has 18 N–H and O–H groups in total. The molecule has 7 aliphatic heterocycles. The van der Waals surface area contributed by atoms with Gasteiger partial charge in [-0.05, 0) is 112 Å². The zero-order valence-electron chi connectivity index (χ0n) is 76.3. The topological polar surface area (TPSA) is 764 Å². The van der Waals surface area contributed by atoms with E-state index in [4.69, 9.17) is 196 Å². The summed E-state index contributed by atoms with van der Waals surface area (Å²) in [6.07, 6.45) is -16.3. The molecule has 9 aromatic rings. The van der Waals surface area contributed by atoms with Crippen molar-refractivity contribution in [2.24, 2.45) is 0 Å². The Balaban J connectivity index is 0.600. The minimum absolute atomic E-state index is 0.0278. The second-order valence-electron chi connectivity index (χ2n) is 33.8. The number of H-pyrrole nitrogens is 2. The van der Waals surface area contributed by atoms with Gasteiger partial charge in [0.2, 0.25) is 0 Å². The third-order valence-corrected chi connectivity index (χ3v) is 35.2. The number of aromatic nitrogens is 18. The molecule has 7 saturated heterocycles. The van der Waals surface area contributed by atoms with E-state index in [0.717, 1.165) is 29.9 Å². The second kappa shape index (κ2) is 44.4. The van der Waals surface area contributed by atoms with Crippen molar-refractivity contribution >= 4 is 182 Å². The molecule has 28 atom stereocenters. The molecule has 9 aromatic heterocycles. The van der Waals surface area contributed by atoms with Gasteiger partial charge in [0.25, 0.3) is 11.1 Å². The normalized spacial score (nSPS) is 29.7. The lowest BCUT2D eigenvalue weighted by Crippen LogP contribution is -2.33. The average Bonchev–Trinajstić information content (AvgIpc) is 1.62. The van der Waals surface area contributed by atoms with Gasteiger partial charge in [-0.3, -0.25) is 60.6 Å². The first-order valence-corrected chi connectivity index (χ1v) is 61.7. The number of nitrogen functional groups attached to an aromatic ring is 5. The van der Waals surface area contributed by atoms with E-state index in [1.54, 1.807) is 25.3 Å². The van der Waals surface area contributed by atoms with Crippen molar-refractivity contribution < 1.29 is 130 Å². The molecule has 0 aromatic carbocycles. The van der Waals surface area contributed by atoms with E-state index in [1.165, 1.54) is 74.7 Å². The van der Waals surface area contributed by atoms with E-state index in [-0.39, 0.29) is 89.9 Å². The molecule has 0 saturated carbocycles. The SMILES string of the molecule is CC[C@H]1O[C@@H](n2cnc3c(N)ncnc32)CC1OP(O)(=S)OC[C@H]1O[C@@H](n2cc(C)c(N)nc2=O)CC1OP(=O)(S)OC[C@H]1O[C@@H](n2cc(C)c(N)nc2=O)CC1OP(O)(=S)OC[C@H]1O[C@@H](n2cc(C)c(=O)[nH]c2=O)CC1OP(O)(=S)OC[C@H]1O[C@@H](n2cc(C)c(N)nc2=O)CC1OP(O)(=S)OC[C@H]1O[C@@H](n2cc(C)c(=O)[nH]c2=O)CC1OP(O)(=S)OC[C@H]1O[C@@H](n2cnc3c(N)ncnc32)CC1OP(O)(=S)OC. The number of hydrogen-bond acceptors (Lipinski definition) is 49. The first-order valence-electron chi connectivity index (χ1n) is 43.4. The van der Waals surface area contributed by atoms with Crippen LogP contribution >= 0.6 is 59.4 Å². The predicted octanol–water partition coefficient (Wildman–Crippen LogP) is 2.19. The molecule has 0 radical (unpaired) electrons. The molecule has 788 valence electrons. The molecule has 16 heterocycles. The van der Waals surface area contributed by atoms with Gasteiger partial charge in [-0.15, -0.1) is 0 Å². The Morgan fingerprint density at radius 3 is 0.903 bits per heavy atom. The molecule has 7 fully saturated rings. The summed E-state index contributed by atoms with van der Waals surface area (Å²) in [6, 6.07) is 0. The number of nitrogens with two attached hydrogens (primary N) is 5. The maximum atomic E-state index is 14.8. The summed E-state index contributed by atoms with van der Waals surface area (Å²) in [5.74, 6) is -0.125. The number of rotatable bonds is 41. The number of fused-ring (bicyclic) bond motifs is 2. The third kappa shape index (κ3) is 25.9. The van der Waals surface area contributed by atoms with Crippen LogP contribution < -0.4 is 68.2 Å². The van der Waals surface area contributed by atoms with Crippen LogP contribution in [0.1, 0.15) is 130 Å². The van der Waals surface area contributed by atoms with E-state index in [9.17, 15) is 67.5 Å². The number of aromatic amines is 2. The Labute approximate surface area is 847 Å². The van der Waals surface area contributed by atoms with Crippen molar-refractivity contribution in [3.8, 4) is 0 Å². The molecule has 0 bridgehead atoms. The third-order valence-electron chi connectivity index (χ3n) is 23.9. The van der Waals surface area contributed by atoms with Gasteiger partial charge in [0.05, 0.1) is 95.0 Å². The monoisotopic (exact) mass is 2290 g/mol. The number of hydrogen-bond donors (Lipinski definition) is 14. The van der Waals surface area contributed by atoms with E-state index >= 15 is 0 Å². The van der Waals surface area contributed by atoms with Crippen molar-refractivity contribution in [3.63, 3.8) is 0 Å². The Hall–Kier alpha value is -6.50. The highest BCUT2D eigenvalue weighted by atomic mass is 32.7. The summed E-state index contributed by atoms with van der Waals surface area (Å²) in [5.41, 5.74) is 26.4. The summed E-state index contributed by atoms with van der Waals surface area (Å²) in [5, 5.41) is 0. The van der Waals surface area contributed by atoms with Crippen molar-refractivity contribution in [1.82, 2.24) is 86.8 Å². The number of ether oxygens (including phenoxy) is 7. The molecule has 0 amide bonds. The molecule has 14 unspecified atom stereocenters. The van der Waals surface area contributed by atoms with Crippen LogP contribution in [0.25, 0.3) is 22.3 Å². The first kappa shape index (κ1) is 110. The van der Waals surface area contributed by atoms with E-state index in [1.807, 2.05) is 6.92 Å². The minimum atomic E-state index is -4.78. The van der Waals surface area contributed by atoms with Crippen molar-refractivity contribution in [2.75, 3.05) is 75.4 Å². The van der Waals surface area contributed by atoms with Crippen LogP contribution in [-0.4, -0.2) is 248 Å². The molecular formula is C72H98N23O35P7S7. The minimum Gasteiger partial charge on any atom is -0.383 e. The average molecular weight is 2290 g/mol. The molecule has 72 heteroatoms. The number of anilines is 5. The van der Waals surface area contributed by atoms with Gasteiger partial charge in [-0.1, -0.05) is 19.2 Å². The number of imidazole rings is 2. The van der Waals surface area contributed by atoms with Gasteiger partial charge < -0.3 is 145 Å². The van der Waals surface area contributed by atoms with Gasteiger partial charge in [-0.25, -0.2) is 58.4 Å². The van der Waals surface area contributed by atoms with Crippen LogP contribution in [0.4, 0.5) is 29.1 Å².